The Hall–Kier alpha value is -3.03. The zero-order valence-corrected chi connectivity index (χ0v) is 13.7. The van der Waals surface area contributed by atoms with Crippen LogP contribution in [0.3, 0.4) is 0 Å². The third-order valence-electron chi connectivity index (χ3n) is 3.49. The van der Waals surface area contributed by atoms with Gasteiger partial charge in [-0.25, -0.2) is 4.68 Å². The molecule has 0 atom stereocenters. The van der Waals surface area contributed by atoms with Crippen LogP contribution in [0.5, 0.6) is 0 Å². The normalized spacial score (nSPS) is 10.8. The summed E-state index contributed by atoms with van der Waals surface area (Å²) in [6.45, 7) is 4.83. The van der Waals surface area contributed by atoms with E-state index < -0.39 is 0 Å². The minimum absolute atomic E-state index is 0.122. The van der Waals surface area contributed by atoms with Crippen LogP contribution in [-0.2, 0) is 17.9 Å². The van der Waals surface area contributed by atoms with E-state index in [0.717, 1.165) is 24.4 Å². The number of nitrogens with one attached hydrogen (secondary N) is 1. The van der Waals surface area contributed by atoms with Gasteiger partial charge in [0, 0.05) is 31.2 Å². The molecule has 3 aromatic rings. The van der Waals surface area contributed by atoms with Crippen LogP contribution in [0.1, 0.15) is 19.0 Å². The van der Waals surface area contributed by atoms with Crippen LogP contribution >= 0.6 is 0 Å². The molecule has 8 nitrogen and oxygen atoms in total. The Kier molecular flexibility index (Phi) is 4.64. The van der Waals surface area contributed by atoms with Gasteiger partial charge >= 0.3 is 0 Å². The highest BCUT2D eigenvalue weighted by Crippen LogP contribution is 2.16. The van der Waals surface area contributed by atoms with Gasteiger partial charge in [0.05, 0.1) is 11.9 Å². The van der Waals surface area contributed by atoms with Crippen LogP contribution in [0.2, 0.25) is 0 Å². The van der Waals surface area contributed by atoms with Gasteiger partial charge in [-0.05, 0) is 19.4 Å². The quantitative estimate of drug-likeness (QED) is 0.747. The first kappa shape index (κ1) is 15.9. The van der Waals surface area contributed by atoms with Crippen LogP contribution in [0, 0.1) is 6.92 Å². The molecule has 0 aromatic carbocycles. The van der Waals surface area contributed by atoms with E-state index in [0.29, 0.717) is 11.5 Å². The molecule has 0 aliphatic rings. The van der Waals surface area contributed by atoms with Crippen molar-refractivity contribution in [1.82, 2.24) is 29.5 Å². The lowest BCUT2D eigenvalue weighted by molar-refractivity contribution is -0.116. The molecule has 24 heavy (non-hydrogen) atoms. The van der Waals surface area contributed by atoms with E-state index in [1.54, 1.807) is 40.2 Å². The number of aryl methyl sites for hydroxylation is 2. The lowest BCUT2D eigenvalue weighted by Crippen LogP contribution is -2.21. The summed E-state index contributed by atoms with van der Waals surface area (Å²) in [5, 5.41) is 11.4. The van der Waals surface area contributed by atoms with Gasteiger partial charge in [-0.2, -0.15) is 10.2 Å². The van der Waals surface area contributed by atoms with Crippen LogP contribution in [-0.4, -0.2) is 35.4 Å². The summed E-state index contributed by atoms with van der Waals surface area (Å²) >= 11 is 0. The van der Waals surface area contributed by atoms with Crippen LogP contribution in [0.4, 0.5) is 5.82 Å². The number of aromatic nitrogens is 6. The maximum absolute atomic E-state index is 12.2. The minimum atomic E-state index is -0.154. The van der Waals surface area contributed by atoms with Crippen LogP contribution in [0.15, 0.2) is 36.9 Å². The Labute approximate surface area is 139 Å². The van der Waals surface area contributed by atoms with Crippen molar-refractivity contribution in [2.24, 2.45) is 0 Å². The minimum Gasteiger partial charge on any atom is -0.309 e. The first-order valence-electron chi connectivity index (χ1n) is 7.80. The average molecular weight is 325 g/mol. The Bertz CT molecular complexity index is 836. The van der Waals surface area contributed by atoms with Crippen molar-refractivity contribution in [2.75, 3.05) is 5.32 Å². The lowest BCUT2D eigenvalue weighted by atomic mass is 10.2. The number of hydrogen-bond donors (Lipinski definition) is 1. The SMILES string of the molecule is CCCn1nccc1NC(=O)Cn1ccc(-c2nccnc2C)n1. The third-order valence-corrected chi connectivity index (χ3v) is 3.49. The second kappa shape index (κ2) is 7.03. The molecule has 0 unspecified atom stereocenters. The molecule has 0 spiro atoms. The zero-order chi connectivity index (χ0) is 16.9. The van der Waals surface area contributed by atoms with E-state index in [9.17, 15) is 4.79 Å². The fourth-order valence-corrected chi connectivity index (χ4v) is 2.39. The van der Waals surface area contributed by atoms with Crippen LogP contribution < -0.4 is 5.32 Å². The molecular weight excluding hydrogens is 306 g/mol. The molecule has 1 amide bonds. The number of rotatable bonds is 6. The van der Waals surface area contributed by atoms with Crippen molar-refractivity contribution in [1.29, 1.82) is 0 Å². The molecule has 0 bridgehead atoms. The van der Waals surface area contributed by atoms with Crippen molar-refractivity contribution in [3.8, 4) is 11.4 Å². The molecule has 3 heterocycles. The molecule has 3 aromatic heterocycles. The lowest BCUT2D eigenvalue weighted by Gasteiger charge is -2.08. The fourth-order valence-electron chi connectivity index (χ4n) is 2.39. The summed E-state index contributed by atoms with van der Waals surface area (Å²) in [5.74, 6) is 0.539. The number of hydrogen-bond acceptors (Lipinski definition) is 5. The Morgan fingerprint density at radius 1 is 1.21 bits per heavy atom. The smallest absolute Gasteiger partial charge is 0.247 e. The highest BCUT2D eigenvalue weighted by molar-refractivity contribution is 5.89. The third kappa shape index (κ3) is 3.48. The molecule has 8 heteroatoms. The van der Waals surface area contributed by atoms with Gasteiger partial charge in [0.1, 0.15) is 23.8 Å². The first-order valence-corrected chi connectivity index (χ1v) is 7.80. The predicted octanol–water partition coefficient (Wildman–Crippen LogP) is 1.89. The molecule has 1 N–H and O–H groups in total. The molecule has 0 radical (unpaired) electrons. The summed E-state index contributed by atoms with van der Waals surface area (Å²) < 4.78 is 3.36. The number of nitrogens with zero attached hydrogens (tertiary/aromatic N) is 6. The maximum atomic E-state index is 12.2. The molecular formula is C16H19N7O. The van der Waals surface area contributed by atoms with E-state index in [2.05, 4.69) is 32.4 Å². The van der Waals surface area contributed by atoms with Gasteiger partial charge in [0.25, 0.3) is 0 Å². The highest BCUT2D eigenvalue weighted by atomic mass is 16.2. The van der Waals surface area contributed by atoms with Gasteiger partial charge in [-0.15, -0.1) is 0 Å². The van der Waals surface area contributed by atoms with E-state index in [1.807, 2.05) is 13.0 Å². The summed E-state index contributed by atoms with van der Waals surface area (Å²) in [7, 11) is 0. The highest BCUT2D eigenvalue weighted by Gasteiger charge is 2.11. The summed E-state index contributed by atoms with van der Waals surface area (Å²) in [5.41, 5.74) is 2.22. The van der Waals surface area contributed by atoms with Crippen molar-refractivity contribution in [3.63, 3.8) is 0 Å². The molecule has 0 aliphatic carbocycles. The Morgan fingerprint density at radius 3 is 2.83 bits per heavy atom. The molecule has 3 rings (SSSR count). The van der Waals surface area contributed by atoms with Gasteiger partial charge < -0.3 is 5.32 Å². The first-order chi connectivity index (χ1) is 11.7. The zero-order valence-electron chi connectivity index (χ0n) is 13.7. The van der Waals surface area contributed by atoms with E-state index in [4.69, 9.17) is 0 Å². The van der Waals surface area contributed by atoms with E-state index >= 15 is 0 Å². The molecule has 0 saturated carbocycles. The average Bonchev–Trinajstić information content (AvgIpc) is 3.18. The van der Waals surface area contributed by atoms with E-state index in [1.165, 1.54) is 0 Å². The standard InChI is InChI=1S/C16H19N7O/c1-3-9-23-14(4-6-19-23)20-15(24)11-22-10-5-13(21-22)16-12(2)17-7-8-18-16/h4-8,10H,3,9,11H2,1-2H3,(H,20,24). The number of carbonyl (C=O) groups excluding carboxylic acids is 1. The van der Waals surface area contributed by atoms with Crippen LogP contribution in [0.25, 0.3) is 11.4 Å². The van der Waals surface area contributed by atoms with Gasteiger partial charge in [-0.1, -0.05) is 6.92 Å². The van der Waals surface area contributed by atoms with E-state index in [-0.39, 0.29) is 12.5 Å². The van der Waals surface area contributed by atoms with Gasteiger partial charge in [-0.3, -0.25) is 19.4 Å². The maximum Gasteiger partial charge on any atom is 0.247 e. The topological polar surface area (TPSA) is 90.5 Å². The predicted molar refractivity (Wildman–Crippen MR) is 89.1 cm³/mol. The summed E-state index contributed by atoms with van der Waals surface area (Å²) in [4.78, 5) is 20.7. The second-order valence-corrected chi connectivity index (χ2v) is 5.38. The van der Waals surface area contributed by atoms with Gasteiger partial charge in [0.15, 0.2) is 0 Å². The summed E-state index contributed by atoms with van der Waals surface area (Å²) in [6.07, 6.45) is 7.65. The van der Waals surface area contributed by atoms with Crippen molar-refractivity contribution in [3.05, 3.63) is 42.6 Å². The Balaban J connectivity index is 1.67. The second-order valence-electron chi connectivity index (χ2n) is 5.38. The molecule has 0 aliphatic heterocycles. The monoisotopic (exact) mass is 325 g/mol. The summed E-state index contributed by atoms with van der Waals surface area (Å²) in [6, 6.07) is 3.61. The number of carbonyl (C=O) groups is 1. The Morgan fingerprint density at radius 2 is 2.04 bits per heavy atom. The molecule has 0 fully saturated rings. The van der Waals surface area contributed by atoms with Gasteiger partial charge in [0.2, 0.25) is 5.91 Å². The van der Waals surface area contributed by atoms with Crippen molar-refractivity contribution < 1.29 is 4.79 Å². The largest absolute Gasteiger partial charge is 0.309 e. The number of amides is 1. The molecule has 124 valence electrons. The number of anilines is 1. The fraction of sp³-hybridized carbons (Fsp3) is 0.312. The molecule has 0 saturated heterocycles. The van der Waals surface area contributed by atoms with Crippen molar-refractivity contribution in [2.45, 2.75) is 33.4 Å². The van der Waals surface area contributed by atoms with Crippen molar-refractivity contribution >= 4 is 11.7 Å².